The first-order valence-electron chi connectivity index (χ1n) is 7.52. The lowest BCUT2D eigenvalue weighted by Gasteiger charge is -2.20. The smallest absolute Gasteiger partial charge is 0.166 e. The van der Waals surface area contributed by atoms with E-state index in [1.807, 2.05) is 4.57 Å². The molecule has 2 fully saturated rings. The lowest BCUT2D eigenvalue weighted by molar-refractivity contribution is -0.00874. The van der Waals surface area contributed by atoms with Gasteiger partial charge >= 0.3 is 0 Å². The van der Waals surface area contributed by atoms with Crippen LogP contribution in [0.1, 0.15) is 31.9 Å². The van der Waals surface area contributed by atoms with E-state index in [-0.39, 0.29) is 6.23 Å². The van der Waals surface area contributed by atoms with Gasteiger partial charge in [-0.05, 0) is 38.8 Å². The van der Waals surface area contributed by atoms with Gasteiger partial charge in [0.2, 0.25) is 0 Å². The summed E-state index contributed by atoms with van der Waals surface area (Å²) in [6, 6.07) is 0. The molecule has 112 valence electrons. The average Bonchev–Trinajstić information content (AvgIpc) is 3.19. The summed E-state index contributed by atoms with van der Waals surface area (Å²) >= 11 is 6.04. The van der Waals surface area contributed by atoms with Crippen molar-refractivity contribution in [3.8, 4) is 0 Å². The van der Waals surface area contributed by atoms with Crippen LogP contribution >= 0.6 is 11.6 Å². The van der Waals surface area contributed by atoms with Gasteiger partial charge in [0.1, 0.15) is 18.1 Å². The molecule has 2 unspecified atom stereocenters. The fourth-order valence-electron chi connectivity index (χ4n) is 3.31. The summed E-state index contributed by atoms with van der Waals surface area (Å²) in [5.74, 6) is 0. The fraction of sp³-hybridized carbons (Fsp3) is 0.643. The number of nitrogens with zero attached hydrogens (tertiary/aromatic N) is 5. The van der Waals surface area contributed by atoms with E-state index in [1.54, 1.807) is 6.33 Å². The number of likely N-dealkylation sites (tertiary alicyclic amines) is 1. The summed E-state index contributed by atoms with van der Waals surface area (Å²) in [6.07, 6.45) is 8.25. The summed E-state index contributed by atoms with van der Waals surface area (Å²) in [6.45, 7) is 3.46. The Kier molecular flexibility index (Phi) is 3.52. The molecule has 2 aliphatic heterocycles. The number of aromatic nitrogens is 4. The molecule has 2 aliphatic rings. The molecule has 0 bridgehead atoms. The predicted octanol–water partition coefficient (Wildman–Crippen LogP) is 2.25. The lowest BCUT2D eigenvalue weighted by Crippen LogP contribution is -2.29. The van der Waals surface area contributed by atoms with Crippen LogP contribution in [0.4, 0.5) is 0 Å². The Morgan fingerprint density at radius 2 is 2.05 bits per heavy atom. The average molecular weight is 308 g/mol. The maximum atomic E-state index is 6.19. The molecule has 0 saturated carbocycles. The Morgan fingerprint density at radius 1 is 1.19 bits per heavy atom. The van der Waals surface area contributed by atoms with Crippen molar-refractivity contribution in [1.82, 2.24) is 24.4 Å². The maximum Gasteiger partial charge on any atom is 0.166 e. The minimum atomic E-state index is 0.00793. The number of rotatable bonds is 3. The molecule has 4 heterocycles. The van der Waals surface area contributed by atoms with E-state index >= 15 is 0 Å². The molecule has 6 nitrogen and oxygen atoms in total. The molecular weight excluding hydrogens is 290 g/mol. The Bertz CT molecular complexity index is 639. The molecular formula is C14H18ClN5O. The molecule has 7 heteroatoms. The SMILES string of the molecule is Clc1ncnc2c1ncn2C1CCC(CN2CCCC2)O1. The first-order valence-corrected chi connectivity index (χ1v) is 7.90. The molecule has 4 rings (SSSR count). The largest absolute Gasteiger partial charge is 0.353 e. The van der Waals surface area contributed by atoms with Crippen LogP contribution in [0.5, 0.6) is 0 Å². The third-order valence-electron chi connectivity index (χ3n) is 4.37. The first kappa shape index (κ1) is 13.4. The lowest BCUT2D eigenvalue weighted by atomic mass is 10.2. The number of ether oxygens (including phenoxy) is 1. The van der Waals surface area contributed by atoms with E-state index in [9.17, 15) is 0 Å². The minimum absolute atomic E-state index is 0.00793. The fourth-order valence-corrected chi connectivity index (χ4v) is 3.49. The van der Waals surface area contributed by atoms with Gasteiger partial charge in [-0.1, -0.05) is 11.6 Å². The van der Waals surface area contributed by atoms with Gasteiger partial charge in [0, 0.05) is 6.54 Å². The first-order chi connectivity index (χ1) is 10.3. The normalized spacial score (nSPS) is 26.9. The number of halogens is 1. The molecule has 0 spiro atoms. The second-order valence-electron chi connectivity index (χ2n) is 5.79. The monoisotopic (exact) mass is 307 g/mol. The summed E-state index contributed by atoms with van der Waals surface area (Å²) in [4.78, 5) is 15.1. The van der Waals surface area contributed by atoms with Gasteiger partial charge in [-0.2, -0.15) is 0 Å². The van der Waals surface area contributed by atoms with Crippen LogP contribution in [0.3, 0.4) is 0 Å². The van der Waals surface area contributed by atoms with E-state index in [0.717, 1.165) is 25.0 Å². The van der Waals surface area contributed by atoms with Crippen LogP contribution in [0.2, 0.25) is 5.15 Å². The van der Waals surface area contributed by atoms with Crippen molar-refractivity contribution in [3.05, 3.63) is 17.8 Å². The highest BCUT2D eigenvalue weighted by Crippen LogP contribution is 2.31. The topological polar surface area (TPSA) is 56.1 Å². The highest BCUT2D eigenvalue weighted by Gasteiger charge is 2.30. The van der Waals surface area contributed by atoms with Crippen LogP contribution in [-0.2, 0) is 4.74 Å². The molecule has 21 heavy (non-hydrogen) atoms. The van der Waals surface area contributed by atoms with Crippen LogP contribution in [0.25, 0.3) is 11.2 Å². The third kappa shape index (κ3) is 2.52. The van der Waals surface area contributed by atoms with Crippen LogP contribution in [-0.4, -0.2) is 50.2 Å². The second kappa shape index (κ2) is 5.51. The quantitative estimate of drug-likeness (QED) is 0.814. The van der Waals surface area contributed by atoms with E-state index in [4.69, 9.17) is 16.3 Å². The van der Waals surface area contributed by atoms with Crippen molar-refractivity contribution in [1.29, 1.82) is 0 Å². The predicted molar refractivity (Wildman–Crippen MR) is 79.2 cm³/mol. The van der Waals surface area contributed by atoms with E-state index in [1.165, 1.54) is 32.3 Å². The number of fused-ring (bicyclic) bond motifs is 1. The van der Waals surface area contributed by atoms with Crippen molar-refractivity contribution in [2.45, 2.75) is 38.0 Å². The molecule has 0 aliphatic carbocycles. The molecule has 2 aromatic heterocycles. The van der Waals surface area contributed by atoms with E-state index in [0.29, 0.717) is 16.8 Å². The van der Waals surface area contributed by atoms with Crippen LogP contribution in [0.15, 0.2) is 12.7 Å². The van der Waals surface area contributed by atoms with Crippen molar-refractivity contribution in [3.63, 3.8) is 0 Å². The van der Waals surface area contributed by atoms with Crippen LogP contribution < -0.4 is 0 Å². The third-order valence-corrected chi connectivity index (χ3v) is 4.65. The maximum absolute atomic E-state index is 6.19. The highest BCUT2D eigenvalue weighted by atomic mass is 35.5. The molecule has 0 amide bonds. The summed E-state index contributed by atoms with van der Waals surface area (Å²) in [5, 5.41) is 0.394. The molecule has 2 saturated heterocycles. The number of hydrogen-bond acceptors (Lipinski definition) is 5. The number of imidazole rings is 1. The Labute approximate surface area is 128 Å². The number of hydrogen-bond donors (Lipinski definition) is 0. The molecule has 2 aromatic rings. The van der Waals surface area contributed by atoms with Gasteiger partial charge in [-0.3, -0.25) is 4.57 Å². The molecule has 0 radical (unpaired) electrons. The molecule has 2 atom stereocenters. The standard InChI is InChI=1S/C14H18ClN5O/c15-13-12-14(17-8-16-13)20(9-18-12)11-4-3-10(21-11)7-19-5-1-2-6-19/h8-11H,1-7H2. The highest BCUT2D eigenvalue weighted by molar-refractivity contribution is 6.33. The zero-order valence-electron chi connectivity index (χ0n) is 11.8. The van der Waals surface area contributed by atoms with Crippen molar-refractivity contribution in [2.75, 3.05) is 19.6 Å². The second-order valence-corrected chi connectivity index (χ2v) is 6.14. The molecule has 0 aromatic carbocycles. The zero-order chi connectivity index (χ0) is 14.2. The van der Waals surface area contributed by atoms with Crippen molar-refractivity contribution < 1.29 is 4.74 Å². The van der Waals surface area contributed by atoms with Crippen molar-refractivity contribution in [2.24, 2.45) is 0 Å². The van der Waals surface area contributed by atoms with Gasteiger partial charge in [0.15, 0.2) is 10.8 Å². The zero-order valence-corrected chi connectivity index (χ0v) is 12.5. The Hall–Kier alpha value is -1.24. The van der Waals surface area contributed by atoms with Gasteiger partial charge in [-0.15, -0.1) is 0 Å². The van der Waals surface area contributed by atoms with Gasteiger partial charge < -0.3 is 9.64 Å². The minimum Gasteiger partial charge on any atom is -0.353 e. The van der Waals surface area contributed by atoms with Gasteiger partial charge in [-0.25, -0.2) is 15.0 Å². The van der Waals surface area contributed by atoms with Gasteiger partial charge in [0.25, 0.3) is 0 Å². The Balaban J connectivity index is 1.50. The summed E-state index contributed by atoms with van der Waals surface area (Å²) < 4.78 is 8.17. The van der Waals surface area contributed by atoms with Gasteiger partial charge in [0.05, 0.1) is 12.4 Å². The summed E-state index contributed by atoms with van der Waals surface area (Å²) in [5.41, 5.74) is 1.40. The van der Waals surface area contributed by atoms with Crippen molar-refractivity contribution >= 4 is 22.8 Å². The molecule has 0 N–H and O–H groups in total. The van der Waals surface area contributed by atoms with E-state index < -0.39 is 0 Å². The summed E-state index contributed by atoms with van der Waals surface area (Å²) in [7, 11) is 0. The van der Waals surface area contributed by atoms with E-state index in [2.05, 4.69) is 19.9 Å². The van der Waals surface area contributed by atoms with Crippen LogP contribution in [0, 0.1) is 0 Å². The Morgan fingerprint density at radius 3 is 2.90 bits per heavy atom.